The molecular formula is C19H25F3O4S. The zero-order valence-corrected chi connectivity index (χ0v) is 16.3. The van der Waals surface area contributed by atoms with Gasteiger partial charge < -0.3 is 8.92 Å². The summed E-state index contributed by atoms with van der Waals surface area (Å²) in [6, 6.07) is 9.59. The molecule has 8 heteroatoms. The zero-order chi connectivity index (χ0) is 20.1. The molecule has 1 aliphatic rings. The van der Waals surface area contributed by atoms with E-state index in [0.717, 1.165) is 24.8 Å². The summed E-state index contributed by atoms with van der Waals surface area (Å²) in [4.78, 5) is 0. The van der Waals surface area contributed by atoms with Gasteiger partial charge in [-0.15, -0.1) is 0 Å². The molecule has 1 aromatic rings. The van der Waals surface area contributed by atoms with E-state index in [9.17, 15) is 21.6 Å². The molecule has 152 valence electrons. The molecule has 0 bridgehead atoms. The van der Waals surface area contributed by atoms with Gasteiger partial charge in [-0.25, -0.2) is 0 Å². The molecule has 0 spiro atoms. The first-order valence-electron chi connectivity index (χ1n) is 9.06. The fraction of sp³-hybridized carbons (Fsp3) is 0.579. The second-order valence-corrected chi connectivity index (χ2v) is 8.16. The summed E-state index contributed by atoms with van der Waals surface area (Å²) in [5, 5.41) is 0. The Morgan fingerprint density at radius 3 is 2.48 bits per heavy atom. The molecule has 1 heterocycles. The maximum absolute atomic E-state index is 12.6. The SMILES string of the molecule is CCCCC[C@@H]1O[C@H](c2ccccc2)CCC1=C(C)OS(=O)(=O)C(F)(F)F. The van der Waals surface area contributed by atoms with Crippen LogP contribution < -0.4 is 0 Å². The summed E-state index contributed by atoms with van der Waals surface area (Å²) in [6.07, 6.45) is 3.75. The molecule has 2 rings (SSSR count). The molecule has 1 fully saturated rings. The Balaban J connectivity index is 2.23. The van der Waals surface area contributed by atoms with Crippen LogP contribution in [0, 0.1) is 0 Å². The van der Waals surface area contributed by atoms with Crippen LogP contribution >= 0.6 is 0 Å². The van der Waals surface area contributed by atoms with E-state index < -0.39 is 21.7 Å². The second-order valence-electron chi connectivity index (χ2n) is 6.62. The van der Waals surface area contributed by atoms with Crippen LogP contribution in [0.2, 0.25) is 0 Å². The van der Waals surface area contributed by atoms with Crippen molar-refractivity contribution in [3.63, 3.8) is 0 Å². The molecule has 1 aliphatic heterocycles. The van der Waals surface area contributed by atoms with Crippen molar-refractivity contribution in [2.45, 2.75) is 70.1 Å². The first-order chi connectivity index (χ1) is 12.7. The highest BCUT2D eigenvalue weighted by molar-refractivity contribution is 7.87. The Morgan fingerprint density at radius 2 is 1.89 bits per heavy atom. The summed E-state index contributed by atoms with van der Waals surface area (Å²) < 4.78 is 71.0. The first kappa shape index (κ1) is 21.8. The number of benzene rings is 1. The number of unbranched alkanes of at least 4 members (excludes halogenated alkanes) is 2. The Hall–Kier alpha value is -1.54. The van der Waals surface area contributed by atoms with E-state index in [1.54, 1.807) is 0 Å². The van der Waals surface area contributed by atoms with E-state index in [-0.39, 0.29) is 11.9 Å². The number of halogens is 3. The van der Waals surface area contributed by atoms with E-state index >= 15 is 0 Å². The van der Waals surface area contributed by atoms with Gasteiger partial charge in [0.05, 0.1) is 12.2 Å². The minimum absolute atomic E-state index is 0.173. The highest BCUT2D eigenvalue weighted by Crippen LogP contribution is 2.38. The second kappa shape index (κ2) is 9.10. The lowest BCUT2D eigenvalue weighted by atomic mass is 9.91. The maximum atomic E-state index is 12.6. The van der Waals surface area contributed by atoms with Gasteiger partial charge in [-0.2, -0.15) is 21.6 Å². The van der Waals surface area contributed by atoms with E-state index in [2.05, 4.69) is 11.1 Å². The summed E-state index contributed by atoms with van der Waals surface area (Å²) in [6.45, 7) is 3.31. The molecule has 0 N–H and O–H groups in total. The maximum Gasteiger partial charge on any atom is 0.534 e. The first-order valence-corrected chi connectivity index (χ1v) is 10.5. The lowest BCUT2D eigenvalue weighted by molar-refractivity contribution is -0.0531. The quantitative estimate of drug-likeness (QED) is 0.255. The number of allylic oxidation sites excluding steroid dienone is 1. The van der Waals surface area contributed by atoms with Crippen LogP contribution in [-0.2, 0) is 19.0 Å². The third kappa shape index (κ3) is 5.72. The minimum atomic E-state index is -5.67. The van der Waals surface area contributed by atoms with Gasteiger partial charge in [0.15, 0.2) is 0 Å². The summed E-state index contributed by atoms with van der Waals surface area (Å²) >= 11 is 0. The highest BCUT2D eigenvalue weighted by atomic mass is 32.2. The lowest BCUT2D eigenvalue weighted by Gasteiger charge is -2.33. The number of hydrogen-bond donors (Lipinski definition) is 0. The van der Waals surface area contributed by atoms with E-state index in [0.29, 0.717) is 24.8 Å². The van der Waals surface area contributed by atoms with Crippen molar-refractivity contribution in [3.8, 4) is 0 Å². The van der Waals surface area contributed by atoms with Crippen molar-refractivity contribution < 1.29 is 30.5 Å². The average molecular weight is 406 g/mol. The molecule has 1 aromatic carbocycles. The van der Waals surface area contributed by atoms with Crippen LogP contribution in [0.5, 0.6) is 0 Å². The van der Waals surface area contributed by atoms with E-state index in [1.165, 1.54) is 6.92 Å². The third-order valence-corrected chi connectivity index (χ3v) is 5.64. The largest absolute Gasteiger partial charge is 0.534 e. The van der Waals surface area contributed by atoms with E-state index in [1.807, 2.05) is 30.3 Å². The molecule has 0 amide bonds. The average Bonchev–Trinajstić information content (AvgIpc) is 2.61. The van der Waals surface area contributed by atoms with Crippen molar-refractivity contribution in [2.75, 3.05) is 0 Å². The Bertz CT molecular complexity index is 742. The van der Waals surface area contributed by atoms with Crippen molar-refractivity contribution in [3.05, 3.63) is 47.2 Å². The normalized spacial score (nSPS) is 23.1. The highest BCUT2D eigenvalue weighted by Gasteiger charge is 2.49. The van der Waals surface area contributed by atoms with Crippen molar-refractivity contribution in [1.82, 2.24) is 0 Å². The molecule has 0 unspecified atom stereocenters. The molecule has 0 radical (unpaired) electrons. The van der Waals surface area contributed by atoms with Crippen LogP contribution in [0.15, 0.2) is 41.7 Å². The fourth-order valence-electron chi connectivity index (χ4n) is 3.20. The van der Waals surface area contributed by atoms with Crippen LogP contribution in [0.3, 0.4) is 0 Å². The monoisotopic (exact) mass is 406 g/mol. The summed E-state index contributed by atoms with van der Waals surface area (Å²) in [5.41, 5.74) is -3.96. The van der Waals surface area contributed by atoms with Crippen molar-refractivity contribution in [1.29, 1.82) is 0 Å². The Labute approximate surface area is 158 Å². The number of hydrogen-bond acceptors (Lipinski definition) is 4. The molecule has 1 saturated heterocycles. The number of rotatable bonds is 7. The molecule has 0 aromatic heterocycles. The van der Waals surface area contributed by atoms with Gasteiger partial charge in [0, 0.05) is 0 Å². The molecule has 27 heavy (non-hydrogen) atoms. The van der Waals surface area contributed by atoms with Crippen LogP contribution in [0.25, 0.3) is 0 Å². The fourth-order valence-corrected chi connectivity index (χ4v) is 3.73. The van der Waals surface area contributed by atoms with Crippen molar-refractivity contribution >= 4 is 10.1 Å². The van der Waals surface area contributed by atoms with Crippen molar-refractivity contribution in [2.24, 2.45) is 0 Å². The van der Waals surface area contributed by atoms with Crippen LogP contribution in [-0.4, -0.2) is 20.0 Å². The van der Waals surface area contributed by atoms with Gasteiger partial charge in [-0.05, 0) is 37.3 Å². The van der Waals surface area contributed by atoms with E-state index in [4.69, 9.17) is 4.74 Å². The predicted octanol–water partition coefficient (Wildman–Crippen LogP) is 5.63. The smallest absolute Gasteiger partial charge is 0.381 e. The van der Waals surface area contributed by atoms with Gasteiger partial charge in [-0.1, -0.05) is 56.5 Å². The third-order valence-electron chi connectivity index (χ3n) is 4.60. The molecular weight excluding hydrogens is 381 g/mol. The van der Waals surface area contributed by atoms with Gasteiger partial charge in [0.2, 0.25) is 0 Å². The number of ether oxygens (including phenoxy) is 1. The lowest BCUT2D eigenvalue weighted by Crippen LogP contribution is -2.29. The van der Waals surface area contributed by atoms with Crippen LogP contribution in [0.1, 0.15) is 64.0 Å². The van der Waals surface area contributed by atoms with Gasteiger partial charge >= 0.3 is 15.6 Å². The zero-order valence-electron chi connectivity index (χ0n) is 15.5. The molecule has 0 saturated carbocycles. The standard InChI is InChI=1S/C19H25F3O4S/c1-3-4-6-11-18-16(14(2)26-27(23,24)19(20,21)22)12-13-17(25-18)15-9-7-5-8-10-15/h5,7-10,17-18H,3-4,6,11-13H2,1-2H3/t17-,18-/m0/s1. The Kier molecular flexibility index (Phi) is 7.33. The van der Waals surface area contributed by atoms with Crippen LogP contribution in [0.4, 0.5) is 13.2 Å². The van der Waals surface area contributed by atoms with Gasteiger partial charge in [0.1, 0.15) is 5.76 Å². The number of alkyl halides is 3. The summed E-state index contributed by atoms with van der Waals surface area (Å²) in [5.74, 6) is -0.236. The molecule has 2 atom stereocenters. The predicted molar refractivity (Wildman–Crippen MR) is 96.2 cm³/mol. The topological polar surface area (TPSA) is 52.6 Å². The minimum Gasteiger partial charge on any atom is -0.381 e. The van der Waals surface area contributed by atoms with Gasteiger partial charge in [-0.3, -0.25) is 0 Å². The van der Waals surface area contributed by atoms with Gasteiger partial charge in [0.25, 0.3) is 0 Å². The Morgan fingerprint density at radius 1 is 1.22 bits per heavy atom. The summed E-state index contributed by atoms with van der Waals surface area (Å²) in [7, 11) is -5.67. The molecule has 4 nitrogen and oxygen atoms in total. The molecule has 0 aliphatic carbocycles.